The van der Waals surface area contributed by atoms with Crippen molar-refractivity contribution in [1.82, 2.24) is 15.0 Å². The molecule has 63 heavy (non-hydrogen) atoms. The Bertz CT molecular complexity index is 3250. The summed E-state index contributed by atoms with van der Waals surface area (Å²) in [6, 6.07) is 83.0. The largest absolute Gasteiger partial charge is 0.208 e. The van der Waals surface area contributed by atoms with E-state index in [4.69, 9.17) is 15.0 Å². The van der Waals surface area contributed by atoms with E-state index in [0.717, 1.165) is 50.1 Å². The zero-order valence-electron chi connectivity index (χ0n) is 34.2. The molecule has 294 valence electrons. The van der Waals surface area contributed by atoms with Gasteiger partial charge in [0, 0.05) is 16.7 Å². The molecule has 4 nitrogen and oxygen atoms in total. The Morgan fingerprint density at radius 2 is 0.714 bits per heavy atom. The summed E-state index contributed by atoms with van der Waals surface area (Å²) in [6.07, 6.45) is 0. The Morgan fingerprint density at radius 3 is 1.27 bits per heavy atom. The minimum Gasteiger partial charge on any atom is -0.208 e. The molecule has 0 N–H and O–H groups in total. The van der Waals surface area contributed by atoms with Crippen molar-refractivity contribution < 1.29 is 0 Å². The van der Waals surface area contributed by atoms with Crippen LogP contribution in [0.25, 0.3) is 78.7 Å². The van der Waals surface area contributed by atoms with Gasteiger partial charge in [-0.2, -0.15) is 5.26 Å². The molecule has 0 saturated carbocycles. The summed E-state index contributed by atoms with van der Waals surface area (Å²) in [6.45, 7) is 0. The Hall–Kier alpha value is -8.52. The average Bonchev–Trinajstić information content (AvgIpc) is 3.67. The van der Waals surface area contributed by atoms with E-state index in [0.29, 0.717) is 23.0 Å². The van der Waals surface area contributed by atoms with Crippen molar-refractivity contribution in [2.24, 2.45) is 0 Å². The zero-order chi connectivity index (χ0) is 42.2. The third-order valence-corrected chi connectivity index (χ3v) is 12.3. The maximum Gasteiger partial charge on any atom is 0.164 e. The Balaban J connectivity index is 1.18. The van der Waals surface area contributed by atoms with Gasteiger partial charge in [-0.05, 0) is 91.0 Å². The summed E-state index contributed by atoms with van der Waals surface area (Å²) < 4.78 is 0. The number of hydrogen-bond donors (Lipinski definition) is 0. The third kappa shape index (κ3) is 6.61. The van der Waals surface area contributed by atoms with E-state index in [9.17, 15) is 5.26 Å². The van der Waals surface area contributed by atoms with E-state index >= 15 is 0 Å². The highest BCUT2D eigenvalue weighted by Gasteiger charge is 2.46. The normalized spacial score (nSPS) is 12.2. The second-order valence-electron chi connectivity index (χ2n) is 15.9. The SMILES string of the molecule is N#Cc1ccc(-c2ccc(-c3cc4c(cc3-c3nc(-c5ccccc5)nc(-c5ccc(-c6ccccc6)cc5)n3)C(c3ccccc3)(c3ccccc3)c3ccccc3-4)cc2)cc1. The van der Waals surface area contributed by atoms with Crippen molar-refractivity contribution in [1.29, 1.82) is 5.26 Å². The molecule has 10 aromatic rings. The van der Waals surface area contributed by atoms with Crippen LogP contribution in [0.2, 0.25) is 0 Å². The maximum absolute atomic E-state index is 9.42. The first-order valence-corrected chi connectivity index (χ1v) is 21.2. The summed E-state index contributed by atoms with van der Waals surface area (Å²) in [4.78, 5) is 15.9. The van der Waals surface area contributed by atoms with E-state index in [2.05, 4.69) is 188 Å². The van der Waals surface area contributed by atoms with Crippen LogP contribution in [0.3, 0.4) is 0 Å². The topological polar surface area (TPSA) is 62.5 Å². The summed E-state index contributed by atoms with van der Waals surface area (Å²) in [5.74, 6) is 1.79. The van der Waals surface area contributed by atoms with E-state index < -0.39 is 5.41 Å². The standard InChI is InChI=1S/C59H38N4/c60-39-40-25-27-42(28-26-40)44-29-33-45(34-30-44)51-37-52-50-23-13-14-24-54(50)59(48-19-9-3-10-20-48,49-21-11-4-12-22-49)55(52)38-53(51)58-62-56(46-17-7-2-8-18-46)61-57(63-58)47-35-31-43(32-36-47)41-15-5-1-6-16-41/h1-38H. The maximum atomic E-state index is 9.42. The van der Waals surface area contributed by atoms with Crippen molar-refractivity contribution in [2.45, 2.75) is 5.41 Å². The minimum absolute atomic E-state index is 0.589. The molecule has 0 bridgehead atoms. The highest BCUT2D eigenvalue weighted by atomic mass is 15.0. The Morgan fingerprint density at radius 1 is 0.302 bits per heavy atom. The van der Waals surface area contributed by atoms with Gasteiger partial charge < -0.3 is 0 Å². The molecule has 1 aliphatic rings. The van der Waals surface area contributed by atoms with Crippen molar-refractivity contribution >= 4 is 0 Å². The predicted octanol–water partition coefficient (Wildman–Crippen LogP) is 14.1. The lowest BCUT2D eigenvalue weighted by Crippen LogP contribution is -2.28. The van der Waals surface area contributed by atoms with Crippen LogP contribution in [0.1, 0.15) is 27.8 Å². The lowest BCUT2D eigenvalue weighted by Gasteiger charge is -2.34. The van der Waals surface area contributed by atoms with Crippen LogP contribution in [-0.2, 0) is 5.41 Å². The van der Waals surface area contributed by atoms with Crippen molar-refractivity contribution in [3.05, 3.63) is 258 Å². The molecule has 0 aliphatic heterocycles. The minimum atomic E-state index is -0.618. The molecular formula is C59H38N4. The first-order valence-electron chi connectivity index (χ1n) is 21.2. The molecule has 0 atom stereocenters. The first kappa shape index (κ1) is 37.5. The van der Waals surface area contributed by atoms with Gasteiger partial charge in [0.2, 0.25) is 0 Å². The molecule has 0 spiro atoms. The first-order chi connectivity index (χ1) is 31.2. The lowest BCUT2D eigenvalue weighted by molar-refractivity contribution is 0.768. The number of fused-ring (bicyclic) bond motifs is 3. The van der Waals surface area contributed by atoms with E-state index in [1.807, 2.05) is 48.5 Å². The fourth-order valence-corrected chi connectivity index (χ4v) is 9.28. The van der Waals surface area contributed by atoms with Crippen LogP contribution >= 0.6 is 0 Å². The molecular weight excluding hydrogens is 765 g/mol. The van der Waals surface area contributed by atoms with Gasteiger partial charge in [0.1, 0.15) is 0 Å². The summed E-state index contributed by atoms with van der Waals surface area (Å²) in [7, 11) is 0. The van der Waals surface area contributed by atoms with Gasteiger partial charge in [0.25, 0.3) is 0 Å². The van der Waals surface area contributed by atoms with Crippen LogP contribution < -0.4 is 0 Å². The van der Waals surface area contributed by atoms with Crippen molar-refractivity contribution in [3.8, 4) is 84.7 Å². The number of rotatable bonds is 8. The number of hydrogen-bond acceptors (Lipinski definition) is 4. The molecule has 1 aromatic heterocycles. The monoisotopic (exact) mass is 802 g/mol. The summed E-state index contributed by atoms with van der Waals surface area (Å²) >= 11 is 0. The smallest absolute Gasteiger partial charge is 0.164 e. The third-order valence-electron chi connectivity index (χ3n) is 12.3. The number of nitrogens with zero attached hydrogens (tertiary/aromatic N) is 4. The molecule has 11 rings (SSSR count). The molecule has 0 radical (unpaired) electrons. The molecule has 9 aromatic carbocycles. The van der Waals surface area contributed by atoms with Gasteiger partial charge in [0.15, 0.2) is 17.5 Å². The highest BCUT2D eigenvalue weighted by molar-refractivity contribution is 5.94. The Kier molecular flexibility index (Phi) is 9.41. The van der Waals surface area contributed by atoms with E-state index in [-0.39, 0.29) is 0 Å². The van der Waals surface area contributed by atoms with Gasteiger partial charge in [-0.25, -0.2) is 15.0 Å². The van der Waals surface area contributed by atoms with Gasteiger partial charge >= 0.3 is 0 Å². The number of aromatic nitrogens is 3. The molecule has 0 unspecified atom stereocenters. The zero-order valence-corrected chi connectivity index (χ0v) is 34.2. The molecule has 0 amide bonds. The van der Waals surface area contributed by atoms with Crippen LogP contribution in [0, 0.1) is 11.3 Å². The summed E-state index contributed by atoms with van der Waals surface area (Å²) in [5.41, 5.74) is 16.3. The fraction of sp³-hybridized carbons (Fsp3) is 0.0169. The quantitative estimate of drug-likeness (QED) is 0.153. The molecule has 0 fully saturated rings. The fourth-order valence-electron chi connectivity index (χ4n) is 9.28. The highest BCUT2D eigenvalue weighted by Crippen LogP contribution is 2.58. The van der Waals surface area contributed by atoms with E-state index in [1.54, 1.807) is 0 Å². The number of nitriles is 1. The Labute approximate surface area is 367 Å². The van der Waals surface area contributed by atoms with Gasteiger partial charge in [-0.3, -0.25) is 0 Å². The average molecular weight is 803 g/mol. The van der Waals surface area contributed by atoms with Crippen molar-refractivity contribution in [3.63, 3.8) is 0 Å². The number of benzene rings is 9. The van der Waals surface area contributed by atoms with E-state index in [1.165, 1.54) is 33.4 Å². The van der Waals surface area contributed by atoms with Gasteiger partial charge in [-0.1, -0.05) is 206 Å². The lowest BCUT2D eigenvalue weighted by atomic mass is 9.67. The summed E-state index contributed by atoms with van der Waals surface area (Å²) in [5, 5.41) is 9.42. The van der Waals surface area contributed by atoms with Gasteiger partial charge in [-0.15, -0.1) is 0 Å². The second-order valence-corrected chi connectivity index (χ2v) is 15.9. The molecule has 1 heterocycles. The van der Waals surface area contributed by atoms with Crippen LogP contribution in [0.4, 0.5) is 0 Å². The molecule has 0 saturated heterocycles. The molecule has 1 aliphatic carbocycles. The van der Waals surface area contributed by atoms with Crippen LogP contribution in [0.5, 0.6) is 0 Å². The predicted molar refractivity (Wildman–Crippen MR) is 254 cm³/mol. The van der Waals surface area contributed by atoms with Crippen molar-refractivity contribution in [2.75, 3.05) is 0 Å². The van der Waals surface area contributed by atoms with Crippen LogP contribution in [0.15, 0.2) is 231 Å². The molecule has 4 heteroatoms. The second kappa shape index (κ2) is 15.8. The van der Waals surface area contributed by atoms with Gasteiger partial charge in [0.05, 0.1) is 17.0 Å². The van der Waals surface area contributed by atoms with Crippen LogP contribution in [-0.4, -0.2) is 15.0 Å².